The highest BCUT2D eigenvalue weighted by Gasteiger charge is 2.32. The number of hydrogen-bond acceptors (Lipinski definition) is 3. The number of halogens is 1. The Kier molecular flexibility index (Phi) is 4.28. The molecule has 1 aliphatic heterocycles. The number of hydrogen-bond donors (Lipinski definition) is 2. The Labute approximate surface area is 106 Å². The van der Waals surface area contributed by atoms with E-state index in [4.69, 9.17) is 4.74 Å². The lowest BCUT2D eigenvalue weighted by Crippen LogP contribution is -2.42. The topological polar surface area (TPSA) is 50.4 Å². The van der Waals surface area contributed by atoms with Crippen molar-refractivity contribution in [3.05, 3.63) is 35.6 Å². The van der Waals surface area contributed by atoms with Gasteiger partial charge >= 0.3 is 0 Å². The lowest BCUT2D eigenvalue weighted by atomic mass is 10.0. The van der Waals surface area contributed by atoms with Crippen molar-refractivity contribution >= 4 is 5.91 Å². The Hall–Kier alpha value is -1.46. The van der Waals surface area contributed by atoms with Crippen LogP contribution in [-0.4, -0.2) is 32.2 Å². The maximum atomic E-state index is 12.7. The maximum absolute atomic E-state index is 12.7. The van der Waals surface area contributed by atoms with E-state index in [0.717, 1.165) is 5.56 Å². The fourth-order valence-electron chi connectivity index (χ4n) is 2.02. The fraction of sp³-hybridized carbons (Fsp3) is 0.462. The summed E-state index contributed by atoms with van der Waals surface area (Å²) in [6, 6.07) is 6.16. The van der Waals surface area contributed by atoms with E-state index in [9.17, 15) is 9.18 Å². The number of benzene rings is 1. The zero-order valence-electron chi connectivity index (χ0n) is 10.3. The highest BCUT2D eigenvalue weighted by Crippen LogP contribution is 2.13. The number of carbonyl (C=O) groups is 1. The first-order valence-corrected chi connectivity index (χ1v) is 5.98. The molecule has 2 atom stereocenters. The standard InChI is InChI=1S/C13H17FN2O2/c1-15-12-8-18-7-11(12)13(17)16-6-9-2-4-10(14)5-3-9/h2-5,11-12,15H,6-8H2,1H3,(H,16,17). The quantitative estimate of drug-likeness (QED) is 0.828. The van der Waals surface area contributed by atoms with Crippen LogP contribution in [0.1, 0.15) is 5.56 Å². The first-order valence-electron chi connectivity index (χ1n) is 5.98. The lowest BCUT2D eigenvalue weighted by molar-refractivity contribution is -0.125. The molecule has 98 valence electrons. The van der Waals surface area contributed by atoms with Crippen molar-refractivity contribution < 1.29 is 13.9 Å². The van der Waals surface area contributed by atoms with E-state index in [-0.39, 0.29) is 23.7 Å². The third-order valence-corrected chi connectivity index (χ3v) is 3.17. The van der Waals surface area contributed by atoms with Crippen LogP contribution in [0, 0.1) is 11.7 Å². The highest BCUT2D eigenvalue weighted by atomic mass is 19.1. The zero-order chi connectivity index (χ0) is 13.0. The number of ether oxygens (including phenoxy) is 1. The second-order valence-corrected chi connectivity index (χ2v) is 4.38. The summed E-state index contributed by atoms with van der Waals surface area (Å²) in [6.07, 6.45) is 0. The minimum atomic E-state index is -0.274. The molecule has 0 saturated carbocycles. The summed E-state index contributed by atoms with van der Waals surface area (Å²) in [5, 5.41) is 5.91. The molecule has 0 bridgehead atoms. The van der Waals surface area contributed by atoms with Crippen LogP contribution < -0.4 is 10.6 Å². The molecule has 2 rings (SSSR count). The van der Waals surface area contributed by atoms with Gasteiger partial charge in [-0.15, -0.1) is 0 Å². The van der Waals surface area contributed by atoms with E-state index < -0.39 is 0 Å². The van der Waals surface area contributed by atoms with Gasteiger partial charge in [0.1, 0.15) is 5.82 Å². The Morgan fingerprint density at radius 1 is 1.39 bits per heavy atom. The van der Waals surface area contributed by atoms with Crippen LogP contribution in [0.15, 0.2) is 24.3 Å². The summed E-state index contributed by atoms with van der Waals surface area (Å²) in [4.78, 5) is 11.9. The van der Waals surface area contributed by atoms with Crippen LogP contribution in [0.4, 0.5) is 4.39 Å². The van der Waals surface area contributed by atoms with Crippen molar-refractivity contribution in [3.63, 3.8) is 0 Å². The molecule has 5 heteroatoms. The highest BCUT2D eigenvalue weighted by molar-refractivity contribution is 5.79. The van der Waals surface area contributed by atoms with Gasteiger partial charge in [0.25, 0.3) is 0 Å². The van der Waals surface area contributed by atoms with E-state index in [1.165, 1.54) is 12.1 Å². The average Bonchev–Trinajstić information content (AvgIpc) is 2.86. The van der Waals surface area contributed by atoms with Crippen molar-refractivity contribution in [2.45, 2.75) is 12.6 Å². The summed E-state index contributed by atoms with van der Waals surface area (Å²) >= 11 is 0. The molecule has 1 amide bonds. The molecule has 0 aliphatic carbocycles. The van der Waals surface area contributed by atoms with Crippen molar-refractivity contribution in [3.8, 4) is 0 Å². The van der Waals surface area contributed by atoms with Crippen LogP contribution in [0.3, 0.4) is 0 Å². The molecule has 0 aromatic heterocycles. The summed E-state index contributed by atoms with van der Waals surface area (Å²) in [5.41, 5.74) is 0.879. The number of likely N-dealkylation sites (N-methyl/N-ethyl adjacent to an activating group) is 1. The summed E-state index contributed by atoms with van der Waals surface area (Å²) in [6.45, 7) is 1.41. The molecule has 1 aromatic carbocycles. The second kappa shape index (κ2) is 5.93. The molecule has 1 fully saturated rings. The van der Waals surface area contributed by atoms with E-state index in [1.807, 2.05) is 7.05 Å². The van der Waals surface area contributed by atoms with E-state index in [2.05, 4.69) is 10.6 Å². The van der Waals surface area contributed by atoms with Crippen LogP contribution in [0.25, 0.3) is 0 Å². The van der Waals surface area contributed by atoms with Crippen molar-refractivity contribution in [1.29, 1.82) is 0 Å². The maximum Gasteiger partial charge on any atom is 0.227 e. The molecular weight excluding hydrogens is 235 g/mol. The predicted octanol–water partition coefficient (Wildman–Crippen LogP) is 0.676. The van der Waals surface area contributed by atoms with E-state index in [0.29, 0.717) is 19.8 Å². The van der Waals surface area contributed by atoms with Gasteiger partial charge in [-0.05, 0) is 24.7 Å². The molecule has 1 aliphatic rings. The molecule has 4 nitrogen and oxygen atoms in total. The number of nitrogens with one attached hydrogen (secondary N) is 2. The van der Waals surface area contributed by atoms with Gasteiger partial charge < -0.3 is 15.4 Å². The smallest absolute Gasteiger partial charge is 0.227 e. The Bertz CT molecular complexity index is 408. The molecule has 1 heterocycles. The molecule has 0 radical (unpaired) electrons. The first-order chi connectivity index (χ1) is 8.70. The van der Waals surface area contributed by atoms with Gasteiger partial charge in [-0.1, -0.05) is 12.1 Å². The first kappa shape index (κ1) is 13.0. The zero-order valence-corrected chi connectivity index (χ0v) is 10.3. The minimum absolute atomic E-state index is 0.0313. The summed E-state index contributed by atoms with van der Waals surface area (Å²) in [7, 11) is 1.82. The third-order valence-electron chi connectivity index (χ3n) is 3.17. The van der Waals surface area contributed by atoms with Gasteiger partial charge in [0.05, 0.1) is 19.1 Å². The minimum Gasteiger partial charge on any atom is -0.379 e. The molecular formula is C13H17FN2O2. The molecule has 1 saturated heterocycles. The average molecular weight is 252 g/mol. The Balaban J connectivity index is 1.86. The molecule has 2 N–H and O–H groups in total. The van der Waals surface area contributed by atoms with Crippen LogP contribution in [0.2, 0.25) is 0 Å². The van der Waals surface area contributed by atoms with Gasteiger partial charge in [0.15, 0.2) is 0 Å². The van der Waals surface area contributed by atoms with Gasteiger partial charge in [-0.3, -0.25) is 4.79 Å². The SMILES string of the molecule is CNC1COCC1C(=O)NCc1ccc(F)cc1. The van der Waals surface area contributed by atoms with Crippen molar-refractivity contribution in [2.24, 2.45) is 5.92 Å². The molecule has 2 unspecified atom stereocenters. The van der Waals surface area contributed by atoms with Crippen LogP contribution >= 0.6 is 0 Å². The number of amides is 1. The monoisotopic (exact) mass is 252 g/mol. The van der Waals surface area contributed by atoms with E-state index in [1.54, 1.807) is 12.1 Å². The Morgan fingerprint density at radius 2 is 2.11 bits per heavy atom. The van der Waals surface area contributed by atoms with Crippen LogP contribution in [-0.2, 0) is 16.1 Å². The van der Waals surface area contributed by atoms with Crippen LogP contribution in [0.5, 0.6) is 0 Å². The normalized spacial score (nSPS) is 23.0. The number of carbonyl (C=O) groups excluding carboxylic acids is 1. The second-order valence-electron chi connectivity index (χ2n) is 4.38. The predicted molar refractivity (Wildman–Crippen MR) is 65.4 cm³/mol. The van der Waals surface area contributed by atoms with Gasteiger partial charge in [0, 0.05) is 12.6 Å². The van der Waals surface area contributed by atoms with Crippen molar-refractivity contribution in [2.75, 3.05) is 20.3 Å². The summed E-state index contributed by atoms with van der Waals surface area (Å²) < 4.78 is 18.0. The molecule has 18 heavy (non-hydrogen) atoms. The van der Waals surface area contributed by atoms with Gasteiger partial charge in [0.2, 0.25) is 5.91 Å². The molecule has 0 spiro atoms. The molecule has 1 aromatic rings. The summed E-state index contributed by atoms with van der Waals surface area (Å²) in [5.74, 6) is -0.462. The van der Waals surface area contributed by atoms with E-state index >= 15 is 0 Å². The lowest BCUT2D eigenvalue weighted by Gasteiger charge is -2.16. The van der Waals surface area contributed by atoms with Crippen molar-refractivity contribution in [1.82, 2.24) is 10.6 Å². The Morgan fingerprint density at radius 3 is 2.78 bits per heavy atom. The number of rotatable bonds is 4. The van der Waals surface area contributed by atoms with Gasteiger partial charge in [-0.2, -0.15) is 0 Å². The fourth-order valence-corrected chi connectivity index (χ4v) is 2.02. The largest absolute Gasteiger partial charge is 0.379 e. The van der Waals surface area contributed by atoms with Gasteiger partial charge in [-0.25, -0.2) is 4.39 Å². The third kappa shape index (κ3) is 3.05.